The summed E-state index contributed by atoms with van der Waals surface area (Å²) in [5.74, 6) is 0. The standard InChI is InChI=1S/C14H10N2/c1-2-4-11(5-3-1)13-7-6-12-8-9-15-16-14(12)10-13/h1-10H. The largest absolute Gasteiger partial charge is 0.159 e. The van der Waals surface area contributed by atoms with E-state index >= 15 is 0 Å². The molecule has 0 unspecified atom stereocenters. The number of aromatic nitrogens is 2. The zero-order valence-corrected chi connectivity index (χ0v) is 8.67. The van der Waals surface area contributed by atoms with Crippen molar-refractivity contribution in [2.75, 3.05) is 0 Å². The number of hydrogen-bond acceptors (Lipinski definition) is 2. The van der Waals surface area contributed by atoms with Gasteiger partial charge in [-0.2, -0.15) is 10.2 Å². The highest BCUT2D eigenvalue weighted by Crippen LogP contribution is 2.22. The fourth-order valence-electron chi connectivity index (χ4n) is 1.79. The van der Waals surface area contributed by atoms with E-state index < -0.39 is 0 Å². The van der Waals surface area contributed by atoms with Crippen LogP contribution in [0.15, 0.2) is 60.8 Å². The van der Waals surface area contributed by atoms with Gasteiger partial charge >= 0.3 is 0 Å². The van der Waals surface area contributed by atoms with Gasteiger partial charge in [-0.1, -0.05) is 42.5 Å². The second-order valence-electron chi connectivity index (χ2n) is 3.67. The van der Waals surface area contributed by atoms with Crippen molar-refractivity contribution in [1.29, 1.82) is 0 Å². The highest BCUT2D eigenvalue weighted by Gasteiger charge is 1.99. The minimum absolute atomic E-state index is 0.934. The van der Waals surface area contributed by atoms with Crippen LogP contribution in [0.2, 0.25) is 0 Å². The molecule has 0 aliphatic heterocycles. The molecule has 0 fully saturated rings. The summed E-state index contributed by atoms with van der Waals surface area (Å²) < 4.78 is 0. The monoisotopic (exact) mass is 206 g/mol. The molecule has 2 aromatic carbocycles. The molecule has 3 aromatic rings. The Hall–Kier alpha value is -2.22. The van der Waals surface area contributed by atoms with Gasteiger partial charge in [0, 0.05) is 5.39 Å². The summed E-state index contributed by atoms with van der Waals surface area (Å²) in [6.07, 6.45) is 1.71. The number of hydrogen-bond donors (Lipinski definition) is 0. The first kappa shape index (κ1) is 9.04. The summed E-state index contributed by atoms with van der Waals surface area (Å²) in [5.41, 5.74) is 3.31. The topological polar surface area (TPSA) is 25.8 Å². The molecule has 76 valence electrons. The van der Waals surface area contributed by atoms with Gasteiger partial charge in [0.15, 0.2) is 0 Å². The van der Waals surface area contributed by atoms with E-state index in [1.165, 1.54) is 11.1 Å². The van der Waals surface area contributed by atoms with Crippen molar-refractivity contribution in [3.05, 3.63) is 60.8 Å². The predicted molar refractivity (Wildman–Crippen MR) is 65.0 cm³/mol. The van der Waals surface area contributed by atoms with E-state index in [2.05, 4.69) is 40.5 Å². The van der Waals surface area contributed by atoms with Gasteiger partial charge in [0.2, 0.25) is 0 Å². The van der Waals surface area contributed by atoms with E-state index in [1.807, 2.05) is 24.3 Å². The van der Waals surface area contributed by atoms with E-state index in [9.17, 15) is 0 Å². The van der Waals surface area contributed by atoms with Gasteiger partial charge in [-0.05, 0) is 23.3 Å². The minimum Gasteiger partial charge on any atom is -0.159 e. The van der Waals surface area contributed by atoms with Crippen molar-refractivity contribution in [1.82, 2.24) is 10.2 Å². The fourth-order valence-corrected chi connectivity index (χ4v) is 1.79. The molecule has 0 saturated carbocycles. The zero-order chi connectivity index (χ0) is 10.8. The van der Waals surface area contributed by atoms with Crippen LogP contribution < -0.4 is 0 Å². The van der Waals surface area contributed by atoms with Crippen molar-refractivity contribution < 1.29 is 0 Å². The average Bonchev–Trinajstić information content (AvgIpc) is 2.39. The average molecular weight is 206 g/mol. The Bertz CT molecular complexity index is 618. The lowest BCUT2D eigenvalue weighted by Gasteiger charge is -2.02. The molecule has 2 heteroatoms. The molecule has 16 heavy (non-hydrogen) atoms. The van der Waals surface area contributed by atoms with Crippen molar-refractivity contribution in [2.45, 2.75) is 0 Å². The molecular formula is C14H10N2. The van der Waals surface area contributed by atoms with E-state index in [-0.39, 0.29) is 0 Å². The zero-order valence-electron chi connectivity index (χ0n) is 8.67. The first-order valence-electron chi connectivity index (χ1n) is 5.20. The molecule has 0 spiro atoms. The molecule has 0 amide bonds. The van der Waals surface area contributed by atoms with Gasteiger partial charge in [-0.25, -0.2) is 0 Å². The van der Waals surface area contributed by atoms with Gasteiger partial charge in [-0.15, -0.1) is 0 Å². The first-order valence-corrected chi connectivity index (χ1v) is 5.20. The lowest BCUT2D eigenvalue weighted by molar-refractivity contribution is 1.08. The summed E-state index contributed by atoms with van der Waals surface area (Å²) in [7, 11) is 0. The molecule has 0 atom stereocenters. The Morgan fingerprint density at radius 2 is 1.62 bits per heavy atom. The maximum Gasteiger partial charge on any atom is 0.0935 e. The van der Waals surface area contributed by atoms with Crippen LogP contribution in [0.25, 0.3) is 22.0 Å². The maximum atomic E-state index is 4.12. The Morgan fingerprint density at radius 1 is 0.750 bits per heavy atom. The summed E-state index contributed by atoms with van der Waals surface area (Å²) >= 11 is 0. The van der Waals surface area contributed by atoms with Gasteiger partial charge in [0.05, 0.1) is 11.7 Å². The molecule has 0 radical (unpaired) electrons. The molecule has 3 rings (SSSR count). The van der Waals surface area contributed by atoms with Gasteiger partial charge in [0.25, 0.3) is 0 Å². The van der Waals surface area contributed by atoms with E-state index in [0.717, 1.165) is 10.9 Å². The Morgan fingerprint density at radius 3 is 2.50 bits per heavy atom. The highest BCUT2D eigenvalue weighted by atomic mass is 15.1. The summed E-state index contributed by atoms with van der Waals surface area (Å²) in [5, 5.41) is 9.14. The number of nitrogens with zero attached hydrogens (tertiary/aromatic N) is 2. The molecule has 2 nitrogen and oxygen atoms in total. The van der Waals surface area contributed by atoms with Gasteiger partial charge in [-0.3, -0.25) is 0 Å². The van der Waals surface area contributed by atoms with Gasteiger partial charge in [0.1, 0.15) is 0 Å². The molecule has 0 aliphatic rings. The molecule has 1 aromatic heterocycles. The van der Waals surface area contributed by atoms with Crippen LogP contribution in [-0.4, -0.2) is 10.2 Å². The second kappa shape index (κ2) is 3.74. The van der Waals surface area contributed by atoms with E-state index in [4.69, 9.17) is 0 Å². The number of benzene rings is 2. The SMILES string of the molecule is c1ccc(-c2ccc3ccnnc3c2)cc1. The Labute approximate surface area is 93.6 Å². The molecule has 0 aliphatic carbocycles. The van der Waals surface area contributed by atoms with Crippen LogP contribution in [0, 0.1) is 0 Å². The van der Waals surface area contributed by atoms with Crippen LogP contribution in [0.1, 0.15) is 0 Å². The Kier molecular flexibility index (Phi) is 2.11. The fraction of sp³-hybridized carbons (Fsp3) is 0. The summed E-state index contributed by atoms with van der Waals surface area (Å²) in [6.45, 7) is 0. The molecule has 0 N–H and O–H groups in total. The summed E-state index contributed by atoms with van der Waals surface area (Å²) in [6, 6.07) is 18.5. The quantitative estimate of drug-likeness (QED) is 0.610. The highest BCUT2D eigenvalue weighted by molar-refractivity contribution is 5.83. The normalized spacial score (nSPS) is 10.5. The minimum atomic E-state index is 0.934. The van der Waals surface area contributed by atoms with Gasteiger partial charge < -0.3 is 0 Å². The van der Waals surface area contributed by atoms with Crippen molar-refractivity contribution in [3.63, 3.8) is 0 Å². The maximum absolute atomic E-state index is 4.12. The van der Waals surface area contributed by atoms with Crippen LogP contribution in [0.3, 0.4) is 0 Å². The van der Waals surface area contributed by atoms with Crippen LogP contribution >= 0.6 is 0 Å². The van der Waals surface area contributed by atoms with Crippen molar-refractivity contribution in [2.24, 2.45) is 0 Å². The third-order valence-electron chi connectivity index (χ3n) is 2.62. The van der Waals surface area contributed by atoms with E-state index in [1.54, 1.807) is 6.20 Å². The van der Waals surface area contributed by atoms with Crippen LogP contribution in [-0.2, 0) is 0 Å². The van der Waals surface area contributed by atoms with Crippen LogP contribution in [0.5, 0.6) is 0 Å². The molecular weight excluding hydrogens is 196 g/mol. The van der Waals surface area contributed by atoms with Crippen molar-refractivity contribution >= 4 is 10.9 Å². The lowest BCUT2D eigenvalue weighted by atomic mass is 10.0. The predicted octanol–water partition coefficient (Wildman–Crippen LogP) is 3.30. The van der Waals surface area contributed by atoms with Crippen molar-refractivity contribution in [3.8, 4) is 11.1 Å². The number of fused-ring (bicyclic) bond motifs is 1. The summed E-state index contributed by atoms with van der Waals surface area (Å²) in [4.78, 5) is 0. The molecule has 0 bridgehead atoms. The number of rotatable bonds is 1. The third kappa shape index (κ3) is 1.54. The second-order valence-corrected chi connectivity index (χ2v) is 3.67. The first-order chi connectivity index (χ1) is 7.93. The Balaban J connectivity index is 2.19. The van der Waals surface area contributed by atoms with Crippen LogP contribution in [0.4, 0.5) is 0 Å². The molecule has 1 heterocycles. The van der Waals surface area contributed by atoms with E-state index in [0.29, 0.717) is 0 Å². The third-order valence-corrected chi connectivity index (χ3v) is 2.62. The lowest BCUT2D eigenvalue weighted by Crippen LogP contribution is -1.83. The smallest absolute Gasteiger partial charge is 0.0935 e. The molecule has 0 saturated heterocycles.